The average Bonchev–Trinajstić information content (AvgIpc) is 3.26. The summed E-state index contributed by atoms with van der Waals surface area (Å²) < 4.78 is 10.2. The summed E-state index contributed by atoms with van der Waals surface area (Å²) in [5.74, 6) is -2.00. The number of urea groups is 1. The van der Waals surface area contributed by atoms with Crippen LogP contribution in [0.25, 0.3) is 0 Å². The number of hydrogen-bond donors (Lipinski definition) is 2. The molecule has 0 saturated carbocycles. The van der Waals surface area contributed by atoms with Crippen LogP contribution in [0.4, 0.5) is 9.80 Å². The van der Waals surface area contributed by atoms with Crippen LogP contribution >= 0.6 is 11.3 Å². The van der Waals surface area contributed by atoms with Crippen molar-refractivity contribution >= 4 is 46.1 Å². The van der Waals surface area contributed by atoms with Crippen LogP contribution in [0.15, 0.2) is 0 Å². The number of imide groups is 1. The Labute approximate surface area is 202 Å². The van der Waals surface area contributed by atoms with Gasteiger partial charge in [0.05, 0.1) is 12.2 Å². The number of nitrogens with one attached hydrogen (secondary N) is 2. The van der Waals surface area contributed by atoms with Gasteiger partial charge in [0, 0.05) is 4.88 Å². The highest BCUT2D eigenvalue weighted by Gasteiger charge is 2.49. The van der Waals surface area contributed by atoms with Crippen LogP contribution in [-0.2, 0) is 36.7 Å². The molecule has 1 aliphatic carbocycles. The molecule has 186 valence electrons. The van der Waals surface area contributed by atoms with Crippen LogP contribution in [0.3, 0.4) is 0 Å². The highest BCUT2D eigenvalue weighted by atomic mass is 32.1. The van der Waals surface area contributed by atoms with E-state index in [4.69, 9.17) is 9.47 Å². The number of esters is 2. The third kappa shape index (κ3) is 5.08. The summed E-state index contributed by atoms with van der Waals surface area (Å²) >= 11 is 1.33. The molecule has 1 aliphatic heterocycles. The van der Waals surface area contributed by atoms with Crippen LogP contribution in [0.2, 0.25) is 0 Å². The molecular formula is C23H31N3O7S. The van der Waals surface area contributed by atoms with Crippen molar-refractivity contribution in [1.29, 1.82) is 0 Å². The number of nitrogens with zero attached hydrogens (tertiary/aromatic N) is 1. The van der Waals surface area contributed by atoms with Crippen LogP contribution in [-0.4, -0.2) is 60.0 Å². The van der Waals surface area contributed by atoms with Crippen molar-refractivity contribution in [2.45, 2.75) is 65.3 Å². The molecule has 2 heterocycles. The molecule has 0 aromatic carbocycles. The number of carbonyl (C=O) groups excluding carboxylic acids is 5. The lowest BCUT2D eigenvalue weighted by Crippen LogP contribution is -2.46. The second-order valence-electron chi connectivity index (χ2n) is 8.60. The third-order valence-corrected chi connectivity index (χ3v) is 7.52. The molecule has 1 atom stereocenters. The molecular weight excluding hydrogens is 462 g/mol. The Kier molecular flexibility index (Phi) is 7.96. The zero-order valence-electron chi connectivity index (χ0n) is 19.9. The molecule has 1 fully saturated rings. The second kappa shape index (κ2) is 10.5. The van der Waals surface area contributed by atoms with Crippen LogP contribution in [0.1, 0.15) is 67.8 Å². The largest absolute Gasteiger partial charge is 0.462 e. The molecule has 2 aliphatic rings. The van der Waals surface area contributed by atoms with E-state index in [0.717, 1.165) is 34.6 Å². The van der Waals surface area contributed by atoms with Gasteiger partial charge in [-0.1, -0.05) is 20.8 Å². The summed E-state index contributed by atoms with van der Waals surface area (Å²) in [6.07, 6.45) is 3.29. The third-order valence-electron chi connectivity index (χ3n) is 6.35. The smallest absolute Gasteiger partial charge is 0.341 e. The molecule has 34 heavy (non-hydrogen) atoms. The fourth-order valence-electron chi connectivity index (χ4n) is 4.29. The van der Waals surface area contributed by atoms with Crippen molar-refractivity contribution in [2.75, 3.05) is 25.1 Å². The number of fused-ring (bicyclic) bond motifs is 1. The first-order chi connectivity index (χ1) is 16.2. The van der Waals surface area contributed by atoms with Crippen molar-refractivity contribution in [2.24, 2.45) is 5.92 Å². The van der Waals surface area contributed by atoms with Gasteiger partial charge >= 0.3 is 18.0 Å². The maximum Gasteiger partial charge on any atom is 0.341 e. The van der Waals surface area contributed by atoms with Crippen molar-refractivity contribution in [1.82, 2.24) is 10.2 Å². The van der Waals surface area contributed by atoms with E-state index >= 15 is 0 Å². The first-order valence-corrected chi connectivity index (χ1v) is 12.4. The minimum atomic E-state index is -1.02. The van der Waals surface area contributed by atoms with Crippen LogP contribution in [0.5, 0.6) is 0 Å². The van der Waals surface area contributed by atoms with E-state index in [-0.39, 0.29) is 6.61 Å². The Morgan fingerprint density at radius 3 is 2.50 bits per heavy atom. The zero-order valence-corrected chi connectivity index (χ0v) is 20.8. The Morgan fingerprint density at radius 1 is 1.18 bits per heavy atom. The van der Waals surface area contributed by atoms with Gasteiger partial charge in [-0.25, -0.2) is 9.59 Å². The molecule has 1 aromatic heterocycles. The topological polar surface area (TPSA) is 131 Å². The minimum absolute atomic E-state index is 0.213. The number of thiophene rings is 1. The second-order valence-corrected chi connectivity index (χ2v) is 9.70. The molecule has 1 aromatic rings. The van der Waals surface area contributed by atoms with E-state index in [1.807, 2.05) is 0 Å². The Morgan fingerprint density at radius 2 is 1.88 bits per heavy atom. The van der Waals surface area contributed by atoms with E-state index in [1.54, 1.807) is 20.8 Å². The van der Waals surface area contributed by atoms with Crippen molar-refractivity contribution in [3.63, 3.8) is 0 Å². The Bertz CT molecular complexity index is 999. The summed E-state index contributed by atoms with van der Waals surface area (Å²) in [6.45, 7) is 6.43. The first kappa shape index (κ1) is 25.7. The van der Waals surface area contributed by atoms with E-state index in [2.05, 4.69) is 17.6 Å². The lowest BCUT2D eigenvalue weighted by atomic mass is 9.88. The molecule has 1 unspecified atom stereocenters. The fraction of sp³-hybridized carbons (Fsp3) is 0.609. The number of carbonyl (C=O) groups is 5. The summed E-state index contributed by atoms with van der Waals surface area (Å²) in [4.78, 5) is 63.9. The van der Waals surface area contributed by atoms with Gasteiger partial charge in [0.2, 0.25) is 0 Å². The van der Waals surface area contributed by atoms with Gasteiger partial charge in [-0.3, -0.25) is 19.3 Å². The van der Waals surface area contributed by atoms with Gasteiger partial charge < -0.3 is 20.1 Å². The highest BCUT2D eigenvalue weighted by Crippen LogP contribution is 2.40. The number of ether oxygens (including phenoxy) is 2. The molecule has 10 nitrogen and oxygen atoms in total. The molecule has 1 saturated heterocycles. The molecule has 0 spiro atoms. The summed E-state index contributed by atoms with van der Waals surface area (Å²) in [7, 11) is 0. The molecule has 0 bridgehead atoms. The standard InChI is InChI=1S/C23H31N3O7S/c1-5-23(6-2)21(30)26(22(31)25-23)11-17(28)33-12-16(27)24-19-18(20(29)32-7-3)14-9-8-13(4)10-15(14)34-19/h13H,5-12H2,1-4H3,(H,24,27)(H,25,31). The maximum absolute atomic E-state index is 12.6. The summed E-state index contributed by atoms with van der Waals surface area (Å²) in [6, 6.07) is -0.660. The molecule has 11 heteroatoms. The predicted molar refractivity (Wildman–Crippen MR) is 125 cm³/mol. The monoisotopic (exact) mass is 493 g/mol. The van der Waals surface area contributed by atoms with E-state index < -0.39 is 48.5 Å². The van der Waals surface area contributed by atoms with Gasteiger partial charge in [0.1, 0.15) is 17.1 Å². The average molecular weight is 494 g/mol. The maximum atomic E-state index is 12.6. The molecule has 3 rings (SSSR count). The van der Waals surface area contributed by atoms with E-state index in [0.29, 0.717) is 29.3 Å². The predicted octanol–water partition coefficient (Wildman–Crippen LogP) is 2.64. The van der Waals surface area contributed by atoms with Crippen molar-refractivity contribution < 1.29 is 33.4 Å². The van der Waals surface area contributed by atoms with Crippen LogP contribution in [0, 0.1) is 5.92 Å². The normalized spacial score (nSPS) is 18.8. The number of hydrogen-bond acceptors (Lipinski definition) is 8. The van der Waals surface area contributed by atoms with Gasteiger partial charge in [0.25, 0.3) is 11.8 Å². The van der Waals surface area contributed by atoms with Crippen LogP contribution < -0.4 is 10.6 Å². The Hall–Kier alpha value is -2.95. The van der Waals surface area contributed by atoms with Gasteiger partial charge in [0.15, 0.2) is 6.61 Å². The highest BCUT2D eigenvalue weighted by molar-refractivity contribution is 7.17. The van der Waals surface area contributed by atoms with E-state index in [9.17, 15) is 24.0 Å². The van der Waals surface area contributed by atoms with E-state index in [1.165, 1.54) is 11.3 Å². The SMILES string of the molecule is CCOC(=O)c1c(NC(=O)COC(=O)CN2C(=O)NC(CC)(CC)C2=O)sc2c1CCC(C)C2. The van der Waals surface area contributed by atoms with Gasteiger partial charge in [-0.2, -0.15) is 0 Å². The van der Waals surface area contributed by atoms with Gasteiger partial charge in [-0.05, 0) is 50.5 Å². The Balaban J connectivity index is 1.62. The van der Waals surface area contributed by atoms with Crippen molar-refractivity contribution in [3.05, 3.63) is 16.0 Å². The quantitative estimate of drug-likeness (QED) is 0.399. The molecule has 0 radical (unpaired) electrons. The summed E-state index contributed by atoms with van der Waals surface area (Å²) in [5.41, 5.74) is 0.250. The fourth-order valence-corrected chi connectivity index (χ4v) is 5.71. The zero-order chi connectivity index (χ0) is 25.0. The van der Waals surface area contributed by atoms with Crippen molar-refractivity contribution in [3.8, 4) is 0 Å². The van der Waals surface area contributed by atoms with Gasteiger partial charge in [-0.15, -0.1) is 11.3 Å². The number of rotatable bonds is 9. The molecule has 4 amide bonds. The number of anilines is 1. The molecule has 2 N–H and O–H groups in total. The minimum Gasteiger partial charge on any atom is -0.462 e. The lowest BCUT2D eigenvalue weighted by molar-refractivity contribution is -0.150. The lowest BCUT2D eigenvalue weighted by Gasteiger charge is -2.22. The number of amides is 4. The summed E-state index contributed by atoms with van der Waals surface area (Å²) in [5, 5.41) is 5.67. The first-order valence-electron chi connectivity index (χ1n) is 11.6.